The summed E-state index contributed by atoms with van der Waals surface area (Å²) in [6.45, 7) is -0.656. The predicted molar refractivity (Wildman–Crippen MR) is 45.5 cm³/mol. The number of carbonyl (C=O) groups excluding carboxylic acids is 1. The zero-order chi connectivity index (χ0) is 8.97. The normalized spacial score (nSPS) is 9.46. The lowest BCUT2D eigenvalue weighted by molar-refractivity contribution is 0.0888. The summed E-state index contributed by atoms with van der Waals surface area (Å²) in [6, 6.07) is 0. The molecule has 1 aromatic rings. The van der Waals surface area contributed by atoms with Crippen molar-refractivity contribution >= 4 is 30.0 Å². The Bertz CT molecular complexity index is 256. The first-order valence-corrected chi connectivity index (χ1v) is 3.77. The molecule has 0 aromatic carbocycles. The third-order valence-corrected chi connectivity index (χ3v) is 1.49. The fourth-order valence-corrected chi connectivity index (χ4v) is 0.937. The van der Waals surface area contributed by atoms with Gasteiger partial charge >= 0.3 is 0 Å². The van der Waals surface area contributed by atoms with E-state index in [-0.39, 0.29) is 18.1 Å². The van der Waals surface area contributed by atoms with Gasteiger partial charge in [0.25, 0.3) is 12.3 Å². The van der Waals surface area contributed by atoms with Crippen molar-refractivity contribution in [1.29, 1.82) is 0 Å². The van der Waals surface area contributed by atoms with Gasteiger partial charge in [0.05, 0.1) is 24.5 Å². The predicted octanol–water partition coefficient (Wildman–Crippen LogP) is 0.955. The first-order valence-electron chi connectivity index (χ1n) is 3.04. The highest BCUT2D eigenvalue weighted by Gasteiger charge is 2.10. The van der Waals surface area contributed by atoms with Crippen molar-refractivity contribution in [2.45, 2.75) is 6.43 Å². The summed E-state index contributed by atoms with van der Waals surface area (Å²) in [4.78, 5) is 10.9. The molecule has 0 aliphatic heterocycles. The second kappa shape index (κ2) is 5.76. The molecule has 0 bridgehead atoms. The van der Waals surface area contributed by atoms with Crippen molar-refractivity contribution in [3.05, 3.63) is 11.9 Å². The molecule has 1 aromatic heterocycles. The molecule has 0 aliphatic rings. The Balaban J connectivity index is 0.00000144. The van der Waals surface area contributed by atoms with Gasteiger partial charge in [-0.25, -0.2) is 8.78 Å². The second-order valence-corrected chi connectivity index (χ2v) is 2.45. The zero-order valence-corrected chi connectivity index (χ0v) is 7.87. The molecule has 0 fully saturated rings. The van der Waals surface area contributed by atoms with Gasteiger partial charge in [-0.1, -0.05) is 0 Å². The Morgan fingerprint density at radius 3 is 2.85 bits per heavy atom. The van der Waals surface area contributed by atoms with E-state index in [0.29, 0.717) is 0 Å². The largest absolute Gasteiger partial charge is 0.345 e. The Labute approximate surface area is 83.1 Å². The van der Waals surface area contributed by atoms with E-state index in [0.717, 1.165) is 11.7 Å². The average Bonchev–Trinajstić information content (AvgIpc) is 2.51. The molecule has 0 saturated heterocycles. The van der Waals surface area contributed by atoms with Crippen molar-refractivity contribution in [2.24, 2.45) is 0 Å². The van der Waals surface area contributed by atoms with Crippen LogP contribution in [0.15, 0.2) is 6.20 Å². The van der Waals surface area contributed by atoms with E-state index in [9.17, 15) is 13.6 Å². The second-order valence-electron chi connectivity index (χ2n) is 1.89. The quantitative estimate of drug-likeness (QED) is 0.840. The molecule has 4 nitrogen and oxygen atoms in total. The molecule has 1 rings (SSSR count). The van der Waals surface area contributed by atoms with Gasteiger partial charge < -0.3 is 5.32 Å². The number of alkyl halides is 2. The summed E-state index contributed by atoms with van der Waals surface area (Å²) in [5.74, 6) is -0.621. The third-order valence-electron chi connectivity index (χ3n) is 1.01. The summed E-state index contributed by atoms with van der Waals surface area (Å²) < 4.78 is 30.3. The molecular weight excluding hydrogens is 224 g/mol. The number of rotatable bonds is 3. The lowest BCUT2D eigenvalue weighted by Gasteiger charge is -1.99. The molecule has 0 saturated carbocycles. The van der Waals surface area contributed by atoms with Crippen LogP contribution in [0.25, 0.3) is 0 Å². The first kappa shape index (κ1) is 12.2. The van der Waals surface area contributed by atoms with Crippen LogP contribution in [0.2, 0.25) is 0 Å². The van der Waals surface area contributed by atoms with E-state index in [1.165, 1.54) is 6.20 Å². The van der Waals surface area contributed by atoms with Crippen LogP contribution in [-0.4, -0.2) is 27.6 Å². The fraction of sp³-hybridized carbons (Fsp3) is 0.400. The van der Waals surface area contributed by atoms with Gasteiger partial charge in [-0.2, -0.15) is 8.75 Å². The molecule has 8 heteroatoms. The number of amides is 1. The number of carbonyl (C=O) groups is 1. The molecule has 0 aliphatic carbocycles. The smallest absolute Gasteiger partial charge is 0.272 e. The van der Waals surface area contributed by atoms with E-state index in [4.69, 9.17) is 0 Å². The standard InChI is InChI=1S/C5H5F2N3OS.ClH/c6-4(7)2-8-5(11)3-1-9-12-10-3;/h1,4H,2H2,(H,8,11);1H. The molecule has 1 heterocycles. The number of nitrogens with zero attached hydrogens (tertiary/aromatic N) is 2. The lowest BCUT2D eigenvalue weighted by Crippen LogP contribution is -2.28. The minimum atomic E-state index is -2.54. The van der Waals surface area contributed by atoms with Crippen molar-refractivity contribution in [3.63, 3.8) is 0 Å². The maximum atomic E-state index is 11.6. The Kier molecular flexibility index (Phi) is 5.40. The summed E-state index contributed by atoms with van der Waals surface area (Å²) in [5, 5.41) is 2.00. The van der Waals surface area contributed by atoms with Gasteiger partial charge in [0.2, 0.25) is 0 Å². The van der Waals surface area contributed by atoms with Crippen LogP contribution in [0.5, 0.6) is 0 Å². The molecule has 0 spiro atoms. The van der Waals surface area contributed by atoms with Gasteiger partial charge in [-0.05, 0) is 0 Å². The van der Waals surface area contributed by atoms with Crippen LogP contribution in [0.4, 0.5) is 8.78 Å². The number of aromatic nitrogens is 2. The van der Waals surface area contributed by atoms with Gasteiger partial charge in [-0.15, -0.1) is 12.4 Å². The minimum absolute atomic E-state index is 0. The Morgan fingerprint density at radius 2 is 2.38 bits per heavy atom. The summed E-state index contributed by atoms with van der Waals surface area (Å²) in [7, 11) is 0. The maximum Gasteiger partial charge on any atom is 0.272 e. The number of hydrogen-bond donors (Lipinski definition) is 1. The van der Waals surface area contributed by atoms with Crippen molar-refractivity contribution in [1.82, 2.24) is 14.1 Å². The molecule has 0 radical (unpaired) electrons. The fourth-order valence-electron chi connectivity index (χ4n) is 0.525. The van der Waals surface area contributed by atoms with Crippen LogP contribution in [0, 0.1) is 0 Å². The monoisotopic (exact) mass is 229 g/mol. The van der Waals surface area contributed by atoms with Gasteiger partial charge in [-0.3, -0.25) is 4.79 Å². The highest BCUT2D eigenvalue weighted by Crippen LogP contribution is 1.95. The number of hydrogen-bond acceptors (Lipinski definition) is 4. The van der Waals surface area contributed by atoms with E-state index in [2.05, 4.69) is 8.75 Å². The van der Waals surface area contributed by atoms with Crippen LogP contribution < -0.4 is 5.32 Å². The van der Waals surface area contributed by atoms with Crippen LogP contribution in [0.3, 0.4) is 0 Å². The molecular formula is C5H6ClF2N3OS. The molecule has 74 valence electrons. The van der Waals surface area contributed by atoms with Gasteiger partial charge in [0.1, 0.15) is 0 Å². The molecule has 0 atom stereocenters. The van der Waals surface area contributed by atoms with E-state index in [1.54, 1.807) is 0 Å². The zero-order valence-electron chi connectivity index (χ0n) is 6.24. The van der Waals surface area contributed by atoms with E-state index < -0.39 is 18.9 Å². The number of nitrogens with one attached hydrogen (secondary N) is 1. The Morgan fingerprint density at radius 1 is 1.69 bits per heavy atom. The third kappa shape index (κ3) is 4.09. The minimum Gasteiger partial charge on any atom is -0.345 e. The topological polar surface area (TPSA) is 54.9 Å². The molecule has 13 heavy (non-hydrogen) atoms. The van der Waals surface area contributed by atoms with E-state index >= 15 is 0 Å². The molecule has 1 N–H and O–H groups in total. The van der Waals surface area contributed by atoms with Gasteiger partial charge in [0, 0.05) is 0 Å². The first-order chi connectivity index (χ1) is 5.70. The van der Waals surface area contributed by atoms with Crippen LogP contribution >= 0.6 is 24.1 Å². The highest BCUT2D eigenvalue weighted by molar-refractivity contribution is 6.99. The SMILES string of the molecule is Cl.O=C(NCC(F)F)c1cnsn1. The number of halogens is 3. The molecule has 1 amide bonds. The van der Waals surface area contributed by atoms with Crippen molar-refractivity contribution < 1.29 is 13.6 Å². The van der Waals surface area contributed by atoms with Gasteiger partial charge in [0.15, 0.2) is 5.69 Å². The summed E-state index contributed by atoms with van der Waals surface area (Å²) in [6.07, 6.45) is -1.31. The highest BCUT2D eigenvalue weighted by atomic mass is 35.5. The van der Waals surface area contributed by atoms with Crippen molar-refractivity contribution in [2.75, 3.05) is 6.54 Å². The molecule has 0 unspecified atom stereocenters. The summed E-state index contributed by atoms with van der Waals surface area (Å²) in [5.41, 5.74) is 0.0700. The lowest BCUT2D eigenvalue weighted by atomic mass is 10.4. The van der Waals surface area contributed by atoms with Crippen molar-refractivity contribution in [3.8, 4) is 0 Å². The van der Waals surface area contributed by atoms with E-state index in [1.807, 2.05) is 5.32 Å². The maximum absolute atomic E-state index is 11.6. The van der Waals surface area contributed by atoms with Crippen LogP contribution in [0.1, 0.15) is 10.5 Å². The summed E-state index contributed by atoms with van der Waals surface area (Å²) >= 11 is 0.854. The Hall–Kier alpha value is -0.820. The van der Waals surface area contributed by atoms with Crippen LogP contribution in [-0.2, 0) is 0 Å². The average molecular weight is 230 g/mol.